The van der Waals surface area contributed by atoms with Gasteiger partial charge in [0.2, 0.25) is 0 Å². The first-order chi connectivity index (χ1) is 23.6. The van der Waals surface area contributed by atoms with E-state index in [1.54, 1.807) is 0 Å². The van der Waals surface area contributed by atoms with Crippen LogP contribution < -0.4 is 21.3 Å². The summed E-state index contributed by atoms with van der Waals surface area (Å²) in [5.41, 5.74) is 17.4. The highest BCUT2D eigenvalue weighted by Crippen LogP contribution is 2.46. The fourth-order valence-corrected chi connectivity index (χ4v) is 6.45. The smallest absolute Gasteiger partial charge is 0.0701 e. The fraction of sp³-hybridized carbons (Fsp3) is 0.0455. The second-order valence-corrected chi connectivity index (χ2v) is 12.0. The number of benzene rings is 7. The lowest BCUT2D eigenvalue weighted by Gasteiger charge is -2.37. The second-order valence-electron chi connectivity index (χ2n) is 12.0. The van der Waals surface area contributed by atoms with E-state index in [0.717, 1.165) is 62.1 Å². The summed E-state index contributed by atoms with van der Waals surface area (Å²) < 4.78 is 0. The molecule has 234 valence electrons. The molecule has 48 heavy (non-hydrogen) atoms. The molecule has 0 radical (unpaired) electrons. The quantitative estimate of drug-likeness (QED) is 0.105. The molecule has 0 spiro atoms. The summed E-state index contributed by atoms with van der Waals surface area (Å²) in [7, 11) is 2.11. The van der Waals surface area contributed by atoms with Crippen molar-refractivity contribution in [3.63, 3.8) is 0 Å². The van der Waals surface area contributed by atoms with E-state index in [1.165, 1.54) is 0 Å². The van der Waals surface area contributed by atoms with Gasteiger partial charge in [-0.15, -0.1) is 0 Å². The average Bonchev–Trinajstić information content (AvgIpc) is 3.15. The number of hydrogen-bond donors (Lipinski definition) is 3. The van der Waals surface area contributed by atoms with E-state index >= 15 is 0 Å². The Morgan fingerprint density at radius 3 is 1.10 bits per heavy atom. The van der Waals surface area contributed by atoms with Gasteiger partial charge in [0, 0.05) is 46.9 Å². The van der Waals surface area contributed by atoms with Gasteiger partial charge in [-0.25, -0.2) is 0 Å². The Morgan fingerprint density at radius 2 is 0.688 bits per heavy atom. The molecule has 0 aliphatic heterocycles. The van der Waals surface area contributed by atoms with Gasteiger partial charge < -0.3 is 21.3 Å². The molecule has 7 rings (SSSR count). The van der Waals surface area contributed by atoms with Gasteiger partial charge in [0.25, 0.3) is 0 Å². The van der Waals surface area contributed by atoms with Crippen LogP contribution in [0.15, 0.2) is 188 Å². The molecular formula is C44H38N4. The zero-order valence-corrected chi connectivity index (χ0v) is 26.9. The summed E-state index contributed by atoms with van der Waals surface area (Å²) in [6.07, 6.45) is 0. The summed E-state index contributed by atoms with van der Waals surface area (Å²) in [4.78, 5) is 2.21. The molecule has 7 aromatic carbocycles. The highest BCUT2D eigenvalue weighted by molar-refractivity contribution is 5.69. The zero-order chi connectivity index (χ0) is 32.8. The molecule has 4 N–H and O–H groups in total. The minimum Gasteiger partial charge on any atom is -0.399 e. The average molecular weight is 623 g/mol. The van der Waals surface area contributed by atoms with Crippen LogP contribution in [0.3, 0.4) is 0 Å². The Morgan fingerprint density at radius 1 is 0.375 bits per heavy atom. The van der Waals surface area contributed by atoms with Crippen molar-refractivity contribution in [3.05, 3.63) is 210 Å². The molecular weight excluding hydrogens is 585 g/mol. The molecule has 4 nitrogen and oxygen atoms in total. The first-order valence-electron chi connectivity index (χ1n) is 16.2. The highest BCUT2D eigenvalue weighted by Gasteiger charge is 2.38. The van der Waals surface area contributed by atoms with Gasteiger partial charge in [0.05, 0.1) is 5.41 Å². The van der Waals surface area contributed by atoms with E-state index in [2.05, 4.69) is 156 Å². The molecule has 7 aromatic rings. The first-order valence-corrected chi connectivity index (χ1v) is 16.2. The Kier molecular flexibility index (Phi) is 8.62. The molecule has 0 saturated heterocycles. The lowest BCUT2D eigenvalue weighted by Crippen LogP contribution is -2.31. The number of nitrogens with two attached hydrogens (primary N) is 1. The van der Waals surface area contributed by atoms with Crippen LogP contribution in [-0.2, 0) is 5.41 Å². The Labute approximate surface area is 283 Å². The molecule has 4 heteroatoms. The predicted molar refractivity (Wildman–Crippen MR) is 203 cm³/mol. The zero-order valence-electron chi connectivity index (χ0n) is 26.9. The normalized spacial score (nSPS) is 11.1. The Bertz CT molecular complexity index is 1960. The van der Waals surface area contributed by atoms with Gasteiger partial charge in [0.15, 0.2) is 0 Å². The second kappa shape index (κ2) is 13.6. The maximum absolute atomic E-state index is 6.26. The van der Waals surface area contributed by atoms with E-state index in [4.69, 9.17) is 5.73 Å². The minimum absolute atomic E-state index is 0.631. The summed E-state index contributed by atoms with van der Waals surface area (Å²) in [5.74, 6) is 0. The topological polar surface area (TPSA) is 53.3 Å². The molecule has 0 fully saturated rings. The van der Waals surface area contributed by atoms with E-state index in [1.807, 2.05) is 54.6 Å². The monoisotopic (exact) mass is 622 g/mol. The lowest BCUT2D eigenvalue weighted by molar-refractivity contribution is 0.745. The Hall–Kier alpha value is -6.26. The fourth-order valence-electron chi connectivity index (χ4n) is 6.45. The van der Waals surface area contributed by atoms with Crippen LogP contribution in [0.4, 0.5) is 39.8 Å². The van der Waals surface area contributed by atoms with Crippen molar-refractivity contribution >= 4 is 39.8 Å². The van der Waals surface area contributed by atoms with E-state index in [9.17, 15) is 0 Å². The van der Waals surface area contributed by atoms with Gasteiger partial charge in [-0.2, -0.15) is 0 Å². The molecule has 0 bridgehead atoms. The van der Waals surface area contributed by atoms with E-state index < -0.39 is 5.41 Å². The van der Waals surface area contributed by atoms with Gasteiger partial charge in [-0.05, 0) is 107 Å². The van der Waals surface area contributed by atoms with Crippen LogP contribution in [-0.4, -0.2) is 7.05 Å². The maximum atomic E-state index is 6.26. The van der Waals surface area contributed by atoms with Crippen molar-refractivity contribution in [2.24, 2.45) is 0 Å². The summed E-state index contributed by atoms with van der Waals surface area (Å²) in [5, 5.41) is 7.09. The van der Waals surface area contributed by atoms with Crippen LogP contribution >= 0.6 is 0 Å². The third kappa shape index (κ3) is 6.24. The first kappa shape index (κ1) is 30.4. The van der Waals surface area contributed by atoms with Crippen LogP contribution in [0.5, 0.6) is 0 Å². The molecule has 0 aliphatic carbocycles. The van der Waals surface area contributed by atoms with Crippen molar-refractivity contribution in [1.82, 2.24) is 0 Å². The number of anilines is 7. The van der Waals surface area contributed by atoms with E-state index in [-0.39, 0.29) is 0 Å². The SMILES string of the molecule is CN(c1ccccc1)c1ccc(C(c2ccc(N)cc2)(c2ccc(Nc3ccccc3)cc2)c2ccc(Nc3ccccc3)cc2)cc1. The number of hydrogen-bond acceptors (Lipinski definition) is 4. The van der Waals surface area contributed by atoms with Crippen molar-refractivity contribution in [2.45, 2.75) is 5.41 Å². The number of nitrogen functional groups attached to an aromatic ring is 1. The standard InChI is InChI=1S/C44H38N4/c1-48(42-15-9-4-10-16-42)43-31-23-36(24-32-43)44(33-17-25-37(45)26-18-33,34-19-27-40(28-20-34)46-38-11-5-2-6-12-38)35-21-29-41(30-22-35)47-39-13-7-3-8-14-39/h2-32,46-47H,45H2,1H3. The largest absolute Gasteiger partial charge is 0.399 e. The van der Waals surface area contributed by atoms with Crippen LogP contribution in [0, 0.1) is 0 Å². The van der Waals surface area contributed by atoms with Crippen LogP contribution in [0.25, 0.3) is 0 Å². The van der Waals surface area contributed by atoms with Gasteiger partial charge in [-0.1, -0.05) is 103 Å². The molecule has 0 amide bonds. The van der Waals surface area contributed by atoms with Gasteiger partial charge in [0.1, 0.15) is 0 Å². The Balaban J connectivity index is 1.37. The summed E-state index contributed by atoms with van der Waals surface area (Å²) in [6.45, 7) is 0. The molecule has 0 saturated carbocycles. The third-order valence-electron chi connectivity index (χ3n) is 8.94. The van der Waals surface area contributed by atoms with E-state index in [0.29, 0.717) is 0 Å². The highest BCUT2D eigenvalue weighted by atomic mass is 15.1. The predicted octanol–water partition coefficient (Wildman–Crippen LogP) is 10.9. The molecule has 0 aromatic heterocycles. The van der Waals surface area contributed by atoms with Crippen molar-refractivity contribution in [3.8, 4) is 0 Å². The number of nitrogens with one attached hydrogen (secondary N) is 2. The molecule has 0 unspecified atom stereocenters. The van der Waals surface area contributed by atoms with Gasteiger partial charge >= 0.3 is 0 Å². The minimum atomic E-state index is -0.631. The molecule has 0 atom stereocenters. The summed E-state index contributed by atoms with van der Waals surface area (Å²) in [6, 6.07) is 65.8. The lowest BCUT2D eigenvalue weighted by atomic mass is 9.65. The van der Waals surface area contributed by atoms with Crippen LogP contribution in [0.2, 0.25) is 0 Å². The number of nitrogens with zero attached hydrogens (tertiary/aromatic N) is 1. The molecule has 0 heterocycles. The molecule has 0 aliphatic rings. The van der Waals surface area contributed by atoms with Crippen LogP contribution in [0.1, 0.15) is 22.3 Å². The van der Waals surface area contributed by atoms with Crippen molar-refractivity contribution < 1.29 is 0 Å². The van der Waals surface area contributed by atoms with Gasteiger partial charge in [-0.3, -0.25) is 0 Å². The maximum Gasteiger partial charge on any atom is 0.0701 e. The third-order valence-corrected chi connectivity index (χ3v) is 8.94. The number of rotatable bonds is 10. The summed E-state index contributed by atoms with van der Waals surface area (Å²) >= 11 is 0. The van der Waals surface area contributed by atoms with Crippen molar-refractivity contribution in [1.29, 1.82) is 0 Å². The van der Waals surface area contributed by atoms with Crippen molar-refractivity contribution in [2.75, 3.05) is 28.3 Å². The number of para-hydroxylation sites is 3.